The first kappa shape index (κ1) is 23.5. The van der Waals surface area contributed by atoms with Crippen LogP contribution in [0.2, 0.25) is 0 Å². The number of rotatable bonds is 8. The van der Waals surface area contributed by atoms with E-state index in [4.69, 9.17) is 4.42 Å². The van der Waals surface area contributed by atoms with Crippen LogP contribution >= 0.6 is 0 Å². The average Bonchev–Trinajstić information content (AvgIpc) is 3.40. The van der Waals surface area contributed by atoms with Crippen molar-refractivity contribution < 1.29 is 18.4 Å². The van der Waals surface area contributed by atoms with Crippen molar-refractivity contribution in [3.05, 3.63) is 90.1 Å². The van der Waals surface area contributed by atoms with Crippen LogP contribution in [0.1, 0.15) is 17.4 Å². The Morgan fingerprint density at radius 2 is 1.59 bits per heavy atom. The Morgan fingerprint density at radius 1 is 0.882 bits per heavy atom. The summed E-state index contributed by atoms with van der Waals surface area (Å²) in [6.45, 7) is 3.24. The van der Waals surface area contributed by atoms with Crippen molar-refractivity contribution in [1.82, 2.24) is 15.5 Å². The molecule has 178 valence electrons. The van der Waals surface area contributed by atoms with Gasteiger partial charge in [-0.3, -0.25) is 14.5 Å². The number of nitrogens with one attached hydrogen (secondary N) is 2. The Balaban J connectivity index is 1.29. The van der Waals surface area contributed by atoms with Crippen LogP contribution in [0.3, 0.4) is 0 Å². The maximum absolute atomic E-state index is 14.2. The fraction of sp³-hybridized carbons (Fsp3) is 0.308. The molecule has 34 heavy (non-hydrogen) atoms. The summed E-state index contributed by atoms with van der Waals surface area (Å²) >= 11 is 0. The molecule has 1 atom stereocenters. The predicted molar refractivity (Wildman–Crippen MR) is 128 cm³/mol. The van der Waals surface area contributed by atoms with Gasteiger partial charge in [0.25, 0.3) is 0 Å². The van der Waals surface area contributed by atoms with E-state index < -0.39 is 11.8 Å². The first-order valence-corrected chi connectivity index (χ1v) is 11.5. The Hall–Kier alpha value is -3.65. The number of carbonyl (C=O) groups excluding carboxylic acids is 2. The Bertz CT molecular complexity index is 1070. The third-order valence-corrected chi connectivity index (χ3v) is 6.02. The molecule has 3 aromatic rings. The fourth-order valence-electron chi connectivity index (χ4n) is 4.19. The van der Waals surface area contributed by atoms with Crippen LogP contribution in [0.25, 0.3) is 0 Å². The number of benzene rings is 2. The summed E-state index contributed by atoms with van der Waals surface area (Å²) < 4.78 is 19.8. The van der Waals surface area contributed by atoms with Crippen molar-refractivity contribution in [2.24, 2.45) is 0 Å². The molecule has 7 nitrogen and oxygen atoms in total. The van der Waals surface area contributed by atoms with Gasteiger partial charge in [0.05, 0.1) is 18.0 Å². The number of carbonyl (C=O) groups is 2. The molecule has 0 bridgehead atoms. The molecule has 1 aliphatic rings. The molecule has 2 heterocycles. The Kier molecular flexibility index (Phi) is 7.93. The SMILES string of the molecule is O=C(NCCc1ccccc1)C(=O)NCC(c1ccco1)N1CCN(c2ccccc2F)CC1. The van der Waals surface area contributed by atoms with Crippen molar-refractivity contribution in [2.75, 3.05) is 44.2 Å². The fourth-order valence-corrected chi connectivity index (χ4v) is 4.19. The standard InChI is InChI=1S/C26H29FN4O3/c27-21-9-4-5-10-22(21)30-14-16-31(17-15-30)23(24-11-6-18-34-24)19-29-26(33)25(32)28-13-12-20-7-2-1-3-8-20/h1-11,18,23H,12-17,19H2,(H,28,32)(H,29,33). The molecule has 4 rings (SSSR count). The largest absolute Gasteiger partial charge is 0.468 e. The zero-order valence-corrected chi connectivity index (χ0v) is 19.0. The number of furan rings is 1. The van der Waals surface area contributed by atoms with Crippen LogP contribution in [0.5, 0.6) is 0 Å². The van der Waals surface area contributed by atoms with Crippen LogP contribution in [0.4, 0.5) is 10.1 Å². The van der Waals surface area contributed by atoms with E-state index in [1.807, 2.05) is 47.4 Å². The van der Waals surface area contributed by atoms with Gasteiger partial charge in [0.1, 0.15) is 11.6 Å². The molecule has 2 N–H and O–H groups in total. The van der Waals surface area contributed by atoms with Gasteiger partial charge in [-0.2, -0.15) is 0 Å². The summed E-state index contributed by atoms with van der Waals surface area (Å²) in [6.07, 6.45) is 2.25. The number of hydrogen-bond acceptors (Lipinski definition) is 5. The molecule has 1 aliphatic heterocycles. The first-order valence-electron chi connectivity index (χ1n) is 11.5. The van der Waals surface area contributed by atoms with E-state index in [-0.39, 0.29) is 18.4 Å². The molecule has 1 saturated heterocycles. The molecule has 2 amide bonds. The summed E-state index contributed by atoms with van der Waals surface area (Å²) in [5.74, 6) is -0.846. The highest BCUT2D eigenvalue weighted by Crippen LogP contribution is 2.25. The Labute approximate surface area is 198 Å². The van der Waals surface area contributed by atoms with Gasteiger partial charge in [-0.15, -0.1) is 0 Å². The van der Waals surface area contributed by atoms with Gasteiger partial charge in [0.2, 0.25) is 0 Å². The lowest BCUT2D eigenvalue weighted by Gasteiger charge is -2.39. The van der Waals surface area contributed by atoms with Crippen LogP contribution in [-0.2, 0) is 16.0 Å². The van der Waals surface area contributed by atoms with Gasteiger partial charge in [-0.25, -0.2) is 4.39 Å². The molecule has 1 unspecified atom stereocenters. The molecular weight excluding hydrogens is 435 g/mol. The van der Waals surface area contributed by atoms with Crippen molar-refractivity contribution in [3.8, 4) is 0 Å². The third-order valence-electron chi connectivity index (χ3n) is 6.02. The van der Waals surface area contributed by atoms with Crippen molar-refractivity contribution in [2.45, 2.75) is 12.5 Å². The maximum atomic E-state index is 14.2. The van der Waals surface area contributed by atoms with Gasteiger partial charge in [0.15, 0.2) is 0 Å². The van der Waals surface area contributed by atoms with E-state index in [9.17, 15) is 14.0 Å². The molecule has 8 heteroatoms. The van der Waals surface area contributed by atoms with Gasteiger partial charge in [-0.05, 0) is 36.2 Å². The third kappa shape index (κ3) is 6.02. The molecule has 1 fully saturated rings. The highest BCUT2D eigenvalue weighted by Gasteiger charge is 2.28. The minimum Gasteiger partial charge on any atom is -0.468 e. The maximum Gasteiger partial charge on any atom is 0.309 e. The van der Waals surface area contributed by atoms with Crippen molar-refractivity contribution in [3.63, 3.8) is 0 Å². The lowest BCUT2D eigenvalue weighted by molar-refractivity contribution is -0.139. The molecule has 0 aliphatic carbocycles. The second kappa shape index (κ2) is 11.5. The molecule has 0 radical (unpaired) electrons. The number of para-hydroxylation sites is 1. The number of hydrogen-bond donors (Lipinski definition) is 2. The van der Waals surface area contributed by atoms with Gasteiger partial charge < -0.3 is 20.0 Å². The average molecular weight is 465 g/mol. The second-order valence-corrected chi connectivity index (χ2v) is 8.21. The molecular formula is C26H29FN4O3. The highest BCUT2D eigenvalue weighted by atomic mass is 19.1. The second-order valence-electron chi connectivity index (χ2n) is 8.21. The molecule has 2 aromatic carbocycles. The number of anilines is 1. The van der Waals surface area contributed by atoms with E-state index >= 15 is 0 Å². The topological polar surface area (TPSA) is 77.8 Å². The normalized spacial score (nSPS) is 15.0. The van der Waals surface area contributed by atoms with Crippen LogP contribution in [0, 0.1) is 5.82 Å². The van der Waals surface area contributed by atoms with Crippen LogP contribution < -0.4 is 15.5 Å². The minimum absolute atomic E-state index is 0.223. The summed E-state index contributed by atoms with van der Waals surface area (Å²) in [5.41, 5.74) is 1.69. The van der Waals surface area contributed by atoms with Gasteiger partial charge >= 0.3 is 11.8 Å². The lowest BCUT2D eigenvalue weighted by atomic mass is 10.1. The molecule has 1 aromatic heterocycles. The van der Waals surface area contributed by atoms with Gasteiger partial charge in [-0.1, -0.05) is 42.5 Å². The summed E-state index contributed by atoms with van der Waals surface area (Å²) in [5, 5.41) is 5.41. The summed E-state index contributed by atoms with van der Waals surface area (Å²) in [6, 6.07) is 20.0. The number of halogens is 1. The lowest BCUT2D eigenvalue weighted by Crippen LogP contribution is -2.51. The highest BCUT2D eigenvalue weighted by molar-refractivity contribution is 6.35. The van der Waals surface area contributed by atoms with Crippen LogP contribution in [-0.4, -0.2) is 56.0 Å². The number of nitrogens with zero attached hydrogens (tertiary/aromatic N) is 2. The molecule has 0 saturated carbocycles. The van der Waals surface area contributed by atoms with E-state index in [1.165, 1.54) is 6.07 Å². The van der Waals surface area contributed by atoms with Gasteiger partial charge in [0, 0.05) is 39.3 Å². The summed E-state index contributed by atoms with van der Waals surface area (Å²) in [7, 11) is 0. The van der Waals surface area contributed by atoms with E-state index in [1.54, 1.807) is 24.5 Å². The van der Waals surface area contributed by atoms with Crippen LogP contribution in [0.15, 0.2) is 77.4 Å². The van der Waals surface area contributed by atoms with E-state index in [2.05, 4.69) is 15.5 Å². The minimum atomic E-state index is -0.672. The zero-order chi connectivity index (χ0) is 23.8. The molecule has 0 spiro atoms. The van der Waals surface area contributed by atoms with E-state index in [0.717, 1.165) is 5.56 Å². The van der Waals surface area contributed by atoms with Crippen molar-refractivity contribution in [1.29, 1.82) is 0 Å². The van der Waals surface area contributed by atoms with E-state index in [0.29, 0.717) is 50.6 Å². The quantitative estimate of drug-likeness (QED) is 0.502. The van der Waals surface area contributed by atoms with Crippen molar-refractivity contribution >= 4 is 17.5 Å². The predicted octanol–water partition coefficient (Wildman–Crippen LogP) is 2.76. The zero-order valence-electron chi connectivity index (χ0n) is 19.0. The monoisotopic (exact) mass is 464 g/mol. The summed E-state index contributed by atoms with van der Waals surface area (Å²) in [4.78, 5) is 28.8. The smallest absolute Gasteiger partial charge is 0.309 e. The first-order chi connectivity index (χ1) is 16.6. The number of amides is 2. The number of piperazine rings is 1. The Morgan fingerprint density at radius 3 is 2.29 bits per heavy atom.